The van der Waals surface area contributed by atoms with Crippen LogP contribution in [0, 0.1) is 5.92 Å². The van der Waals surface area contributed by atoms with Gasteiger partial charge >= 0.3 is 39.5 Å². The molecule has 5 atom stereocenters. The third-order valence-corrected chi connectivity index (χ3v) is 18.8. The first-order chi connectivity index (χ1) is 45.5. The second-order valence-corrected chi connectivity index (χ2v) is 29.7. The van der Waals surface area contributed by atoms with E-state index in [1.807, 2.05) is 0 Å². The Balaban J connectivity index is 5.30. The summed E-state index contributed by atoms with van der Waals surface area (Å²) < 4.78 is 68.5. The molecule has 0 saturated heterocycles. The molecule has 0 aromatic rings. The standard InChI is InChI=1S/C75H142O17P2/c1-6-9-12-15-18-21-24-27-29-32-35-40-46-51-56-61-75(80)91-70(64-85-72(77)58-53-48-43-38-33-31-28-25-22-19-16-13-10-7-2)66-89-93(81,82)87-62-69(76)63-88-94(83,84)90-67-71(65-86-73(78)59-54-49-44-41-36-37-42-47-52-57-68(4)5)92-74(79)60-55-50-45-39-34-30-26-23-20-17-14-11-8-3/h21,24,27,29,68-71,76H,6-20,22-23,25-26,28,30-67H2,1-5H3,(H,81,82)(H,83,84)/b24-21-,29-27-/t69-,70-,71-/m1/s1. The van der Waals surface area contributed by atoms with Crippen LogP contribution >= 0.6 is 15.6 Å². The molecular weight excluding hydrogens is 1230 g/mol. The number of hydrogen-bond donors (Lipinski definition) is 3. The summed E-state index contributed by atoms with van der Waals surface area (Å²) in [4.78, 5) is 72.8. The Hall–Kier alpha value is -2.46. The Morgan fingerprint density at radius 1 is 0.330 bits per heavy atom. The molecule has 0 saturated carbocycles. The molecular formula is C75H142O17P2. The average molecular weight is 1380 g/mol. The number of allylic oxidation sites excluding steroid dienone is 4. The number of unbranched alkanes of at least 4 members (excludes halogenated alkanes) is 42. The number of carbonyl (C=O) groups excluding carboxylic acids is 4. The summed E-state index contributed by atoms with van der Waals surface area (Å²) in [6.07, 6.45) is 58.9. The molecule has 0 spiro atoms. The second kappa shape index (κ2) is 67.7. The highest BCUT2D eigenvalue weighted by Gasteiger charge is 2.30. The number of phosphoric acid groups is 2. The fraction of sp³-hybridized carbons (Fsp3) is 0.893. The third-order valence-electron chi connectivity index (χ3n) is 16.9. The zero-order valence-corrected chi connectivity index (χ0v) is 62.4. The van der Waals surface area contributed by atoms with Crippen molar-refractivity contribution in [3.05, 3.63) is 24.3 Å². The maximum Gasteiger partial charge on any atom is 0.472 e. The van der Waals surface area contributed by atoms with Crippen LogP contribution in [0.4, 0.5) is 0 Å². The van der Waals surface area contributed by atoms with Crippen LogP contribution in [0.2, 0.25) is 0 Å². The minimum absolute atomic E-state index is 0.0857. The Kier molecular flexibility index (Phi) is 65.9. The van der Waals surface area contributed by atoms with E-state index in [2.05, 4.69) is 58.9 Å². The summed E-state index contributed by atoms with van der Waals surface area (Å²) in [5, 5.41) is 10.6. The lowest BCUT2D eigenvalue weighted by atomic mass is 10.0. The Labute approximate surface area is 573 Å². The van der Waals surface area contributed by atoms with E-state index in [1.165, 1.54) is 180 Å². The Morgan fingerprint density at radius 2 is 0.574 bits per heavy atom. The van der Waals surface area contributed by atoms with Gasteiger partial charge in [0.1, 0.15) is 19.3 Å². The molecule has 0 aromatic heterocycles. The summed E-state index contributed by atoms with van der Waals surface area (Å²) in [5.41, 5.74) is 0. The van der Waals surface area contributed by atoms with Gasteiger partial charge in [0.25, 0.3) is 0 Å². The molecule has 94 heavy (non-hydrogen) atoms. The normalized spacial score (nSPS) is 14.1. The van der Waals surface area contributed by atoms with Crippen LogP contribution in [0.3, 0.4) is 0 Å². The number of rotatable bonds is 73. The molecule has 0 aliphatic rings. The Morgan fingerprint density at radius 3 is 0.872 bits per heavy atom. The summed E-state index contributed by atoms with van der Waals surface area (Å²) >= 11 is 0. The van der Waals surface area contributed by atoms with Crippen LogP contribution in [0.25, 0.3) is 0 Å². The molecule has 3 N–H and O–H groups in total. The number of aliphatic hydroxyl groups is 1. The zero-order valence-electron chi connectivity index (χ0n) is 60.6. The molecule has 2 unspecified atom stereocenters. The van der Waals surface area contributed by atoms with Gasteiger partial charge in [-0.05, 0) is 57.3 Å². The van der Waals surface area contributed by atoms with Crippen molar-refractivity contribution in [3.8, 4) is 0 Å². The highest BCUT2D eigenvalue weighted by molar-refractivity contribution is 7.47. The van der Waals surface area contributed by atoms with Crippen molar-refractivity contribution in [1.29, 1.82) is 0 Å². The summed E-state index contributed by atoms with van der Waals surface area (Å²) in [7, 11) is -9.92. The van der Waals surface area contributed by atoms with Gasteiger partial charge in [-0.25, -0.2) is 9.13 Å². The molecule has 0 radical (unpaired) electrons. The van der Waals surface area contributed by atoms with E-state index in [1.54, 1.807) is 0 Å². The van der Waals surface area contributed by atoms with E-state index in [9.17, 15) is 43.2 Å². The predicted molar refractivity (Wildman–Crippen MR) is 381 cm³/mol. The van der Waals surface area contributed by atoms with Gasteiger partial charge in [0.05, 0.1) is 26.4 Å². The molecule has 0 aliphatic carbocycles. The van der Waals surface area contributed by atoms with Crippen molar-refractivity contribution in [2.75, 3.05) is 39.6 Å². The summed E-state index contributed by atoms with van der Waals surface area (Å²) in [5.74, 6) is -1.40. The van der Waals surface area contributed by atoms with Crippen molar-refractivity contribution in [2.45, 2.75) is 387 Å². The molecule has 0 aliphatic heterocycles. The number of ether oxygens (including phenoxy) is 4. The average Bonchev–Trinajstić information content (AvgIpc) is 1.88. The van der Waals surface area contributed by atoms with Crippen molar-refractivity contribution in [2.24, 2.45) is 5.92 Å². The fourth-order valence-corrected chi connectivity index (χ4v) is 12.6. The summed E-state index contributed by atoms with van der Waals surface area (Å²) in [6, 6.07) is 0. The minimum Gasteiger partial charge on any atom is -0.462 e. The first kappa shape index (κ1) is 91.5. The molecule has 0 amide bonds. The molecule has 0 aromatic carbocycles. The van der Waals surface area contributed by atoms with Crippen LogP contribution < -0.4 is 0 Å². The smallest absolute Gasteiger partial charge is 0.462 e. The molecule has 0 heterocycles. The van der Waals surface area contributed by atoms with Gasteiger partial charge in [0, 0.05) is 25.7 Å². The maximum atomic E-state index is 13.1. The van der Waals surface area contributed by atoms with Gasteiger partial charge in [0.2, 0.25) is 0 Å². The van der Waals surface area contributed by atoms with E-state index in [0.29, 0.717) is 25.7 Å². The highest BCUT2D eigenvalue weighted by atomic mass is 31.2. The predicted octanol–water partition coefficient (Wildman–Crippen LogP) is 21.6. The van der Waals surface area contributed by atoms with Crippen molar-refractivity contribution in [1.82, 2.24) is 0 Å². The monoisotopic (exact) mass is 1380 g/mol. The summed E-state index contributed by atoms with van der Waals surface area (Å²) in [6.45, 7) is 7.20. The molecule has 17 nitrogen and oxygen atoms in total. The van der Waals surface area contributed by atoms with E-state index < -0.39 is 97.5 Å². The van der Waals surface area contributed by atoms with Gasteiger partial charge in [-0.3, -0.25) is 37.3 Å². The van der Waals surface area contributed by atoms with Gasteiger partial charge in [-0.15, -0.1) is 0 Å². The molecule has 0 rings (SSSR count). The highest BCUT2D eigenvalue weighted by Crippen LogP contribution is 2.45. The lowest BCUT2D eigenvalue weighted by Crippen LogP contribution is -2.30. The van der Waals surface area contributed by atoms with Gasteiger partial charge in [-0.1, -0.05) is 316 Å². The molecule has 0 bridgehead atoms. The first-order valence-electron chi connectivity index (χ1n) is 38.5. The number of phosphoric ester groups is 2. The van der Waals surface area contributed by atoms with Gasteiger partial charge in [0.15, 0.2) is 12.2 Å². The molecule has 554 valence electrons. The topological polar surface area (TPSA) is 237 Å². The number of aliphatic hydroxyl groups excluding tert-OH is 1. The van der Waals surface area contributed by atoms with E-state index in [0.717, 1.165) is 109 Å². The number of hydrogen-bond acceptors (Lipinski definition) is 15. The maximum absolute atomic E-state index is 13.1. The first-order valence-corrected chi connectivity index (χ1v) is 41.4. The largest absolute Gasteiger partial charge is 0.472 e. The minimum atomic E-state index is -4.96. The van der Waals surface area contributed by atoms with Crippen molar-refractivity contribution in [3.63, 3.8) is 0 Å². The quantitative estimate of drug-likeness (QED) is 0.0169. The number of esters is 4. The molecule has 0 fully saturated rings. The second-order valence-electron chi connectivity index (χ2n) is 26.8. The fourth-order valence-electron chi connectivity index (χ4n) is 11.0. The lowest BCUT2D eigenvalue weighted by Gasteiger charge is -2.21. The molecule has 19 heteroatoms. The van der Waals surface area contributed by atoms with Crippen LogP contribution in [-0.4, -0.2) is 96.7 Å². The van der Waals surface area contributed by atoms with Gasteiger partial charge < -0.3 is 33.8 Å². The van der Waals surface area contributed by atoms with Crippen molar-refractivity contribution < 1.29 is 80.2 Å². The van der Waals surface area contributed by atoms with Crippen LogP contribution in [0.5, 0.6) is 0 Å². The van der Waals surface area contributed by atoms with Crippen LogP contribution in [-0.2, 0) is 65.4 Å². The third kappa shape index (κ3) is 68.1. The van der Waals surface area contributed by atoms with Crippen LogP contribution in [0.15, 0.2) is 24.3 Å². The van der Waals surface area contributed by atoms with E-state index in [4.69, 9.17) is 37.0 Å². The zero-order chi connectivity index (χ0) is 69.1. The van der Waals surface area contributed by atoms with Crippen LogP contribution in [0.1, 0.15) is 369 Å². The number of carbonyl (C=O) groups is 4. The van der Waals surface area contributed by atoms with E-state index in [-0.39, 0.29) is 25.7 Å². The Bertz CT molecular complexity index is 1900. The van der Waals surface area contributed by atoms with Gasteiger partial charge in [-0.2, -0.15) is 0 Å². The SMILES string of the molecule is CCCCCC/C=C\C=C/CCCCCCCC(=O)O[C@H](COC(=O)CCCCCCCCCCCCCCCC)COP(=O)(O)OC[C@@H](O)COP(=O)(O)OC[C@@H](COC(=O)CCCCCCCCCCCC(C)C)OC(=O)CCCCCCCCCCCCCCC. The van der Waals surface area contributed by atoms with Crippen molar-refractivity contribution >= 4 is 39.5 Å². The lowest BCUT2D eigenvalue weighted by molar-refractivity contribution is -0.161. The van der Waals surface area contributed by atoms with E-state index >= 15 is 0 Å².